The molecule has 1 unspecified atom stereocenters. The number of ether oxygens (including phenoxy) is 3. The third kappa shape index (κ3) is 57.6. The first-order valence-electron chi connectivity index (χ1n) is 30.4. The molecule has 0 radical (unpaired) electrons. The molecule has 6 nitrogen and oxygen atoms in total. The number of carbonyl (C=O) groups is 3. The van der Waals surface area contributed by atoms with Crippen molar-refractivity contribution in [3.8, 4) is 0 Å². The second-order valence-corrected chi connectivity index (χ2v) is 20.2. The SMILES string of the molecule is CCCCC/C=C\CCCCCCCC(=O)OCC(COC(=O)CCCCCCCCCCCC/C=C\C/C=C\C/C=C\CCCCCCC)OC(=O)CCCCCCC/C=C\C/C=C\CCCCCC. The summed E-state index contributed by atoms with van der Waals surface area (Å²) in [5.41, 5.74) is 0. The van der Waals surface area contributed by atoms with Gasteiger partial charge in [0, 0.05) is 19.3 Å². The number of hydrogen-bond acceptors (Lipinski definition) is 6. The maximum atomic E-state index is 12.9. The van der Waals surface area contributed by atoms with E-state index in [9.17, 15) is 14.4 Å². The molecular formula is C65H114O6. The van der Waals surface area contributed by atoms with Gasteiger partial charge in [-0.1, -0.05) is 241 Å². The first kappa shape index (κ1) is 67.8. The van der Waals surface area contributed by atoms with E-state index in [4.69, 9.17) is 14.2 Å². The average Bonchev–Trinajstić information content (AvgIpc) is 3.37. The van der Waals surface area contributed by atoms with Crippen LogP contribution < -0.4 is 0 Å². The van der Waals surface area contributed by atoms with E-state index in [-0.39, 0.29) is 31.1 Å². The average molecular weight is 992 g/mol. The summed E-state index contributed by atoms with van der Waals surface area (Å²) in [4.78, 5) is 38.2. The molecule has 71 heavy (non-hydrogen) atoms. The van der Waals surface area contributed by atoms with Crippen LogP contribution in [0.4, 0.5) is 0 Å². The van der Waals surface area contributed by atoms with Crippen molar-refractivity contribution in [2.75, 3.05) is 13.2 Å². The van der Waals surface area contributed by atoms with Crippen LogP contribution in [0.25, 0.3) is 0 Å². The van der Waals surface area contributed by atoms with E-state index in [0.29, 0.717) is 19.3 Å². The van der Waals surface area contributed by atoms with Gasteiger partial charge in [0.1, 0.15) is 13.2 Å². The van der Waals surface area contributed by atoms with Gasteiger partial charge in [-0.25, -0.2) is 0 Å². The lowest BCUT2D eigenvalue weighted by Crippen LogP contribution is -2.30. The van der Waals surface area contributed by atoms with Crippen molar-refractivity contribution in [2.45, 2.75) is 309 Å². The quantitative estimate of drug-likeness (QED) is 0.0261. The van der Waals surface area contributed by atoms with Gasteiger partial charge in [0.2, 0.25) is 0 Å². The van der Waals surface area contributed by atoms with Crippen LogP contribution in [0.1, 0.15) is 303 Å². The maximum Gasteiger partial charge on any atom is 0.306 e. The fraction of sp³-hybridized carbons (Fsp3) is 0.769. The zero-order valence-corrected chi connectivity index (χ0v) is 47.0. The van der Waals surface area contributed by atoms with Crippen molar-refractivity contribution >= 4 is 17.9 Å². The molecule has 0 spiro atoms. The summed E-state index contributed by atoms with van der Waals surface area (Å²) in [5, 5.41) is 0. The molecule has 0 heterocycles. The van der Waals surface area contributed by atoms with Gasteiger partial charge in [0.05, 0.1) is 0 Å². The van der Waals surface area contributed by atoms with Crippen LogP contribution >= 0.6 is 0 Å². The smallest absolute Gasteiger partial charge is 0.306 e. The molecule has 0 saturated carbocycles. The zero-order chi connectivity index (χ0) is 51.4. The topological polar surface area (TPSA) is 78.9 Å². The van der Waals surface area contributed by atoms with Crippen LogP contribution in [0.5, 0.6) is 0 Å². The van der Waals surface area contributed by atoms with E-state index >= 15 is 0 Å². The molecule has 0 rings (SSSR count). The van der Waals surface area contributed by atoms with Gasteiger partial charge >= 0.3 is 17.9 Å². The van der Waals surface area contributed by atoms with Crippen molar-refractivity contribution in [2.24, 2.45) is 0 Å². The Hall–Kier alpha value is -3.15. The minimum Gasteiger partial charge on any atom is -0.462 e. The highest BCUT2D eigenvalue weighted by molar-refractivity contribution is 5.71. The predicted molar refractivity (Wildman–Crippen MR) is 307 cm³/mol. The molecule has 6 heteroatoms. The molecule has 1 atom stereocenters. The molecule has 0 aromatic rings. The van der Waals surface area contributed by atoms with E-state index in [1.807, 2.05) is 0 Å². The lowest BCUT2D eigenvalue weighted by atomic mass is 10.1. The van der Waals surface area contributed by atoms with Gasteiger partial charge in [0.15, 0.2) is 6.10 Å². The van der Waals surface area contributed by atoms with Gasteiger partial charge in [-0.3, -0.25) is 14.4 Å². The Morgan fingerprint density at radius 2 is 0.507 bits per heavy atom. The molecule has 0 aliphatic rings. The van der Waals surface area contributed by atoms with Crippen molar-refractivity contribution in [3.63, 3.8) is 0 Å². The number of carbonyl (C=O) groups excluding carboxylic acids is 3. The third-order valence-corrected chi connectivity index (χ3v) is 13.2. The number of unbranched alkanes of at least 4 members (excludes halogenated alkanes) is 32. The molecule has 0 aliphatic heterocycles. The van der Waals surface area contributed by atoms with E-state index in [2.05, 4.69) is 93.7 Å². The van der Waals surface area contributed by atoms with Crippen molar-refractivity contribution in [1.29, 1.82) is 0 Å². The normalized spacial score (nSPS) is 12.5. The van der Waals surface area contributed by atoms with Crippen molar-refractivity contribution < 1.29 is 28.6 Å². The number of esters is 3. The Labute approximate surface area is 440 Å². The molecule has 0 aromatic carbocycles. The van der Waals surface area contributed by atoms with E-state index < -0.39 is 6.10 Å². The van der Waals surface area contributed by atoms with Crippen LogP contribution in [0, 0.1) is 0 Å². The summed E-state index contributed by atoms with van der Waals surface area (Å²) < 4.78 is 16.9. The van der Waals surface area contributed by atoms with Crippen molar-refractivity contribution in [1.82, 2.24) is 0 Å². The third-order valence-electron chi connectivity index (χ3n) is 13.2. The van der Waals surface area contributed by atoms with Crippen LogP contribution in [0.3, 0.4) is 0 Å². The summed E-state index contributed by atoms with van der Waals surface area (Å²) in [5.74, 6) is -0.903. The van der Waals surface area contributed by atoms with E-state index in [1.165, 1.54) is 161 Å². The molecule has 410 valence electrons. The fourth-order valence-electron chi connectivity index (χ4n) is 8.53. The molecule has 0 fully saturated rings. The van der Waals surface area contributed by atoms with Crippen molar-refractivity contribution in [3.05, 3.63) is 72.9 Å². The Morgan fingerprint density at radius 1 is 0.282 bits per heavy atom. The fourth-order valence-corrected chi connectivity index (χ4v) is 8.53. The molecule has 0 bridgehead atoms. The van der Waals surface area contributed by atoms with Gasteiger partial charge < -0.3 is 14.2 Å². The van der Waals surface area contributed by atoms with Crippen LogP contribution in [0.15, 0.2) is 72.9 Å². The zero-order valence-electron chi connectivity index (χ0n) is 47.0. The molecule has 0 aliphatic carbocycles. The standard InChI is InChI=1S/C65H114O6/c1-4-7-10-13-16-19-22-25-27-29-30-31-32-33-34-35-36-37-39-40-43-46-49-52-55-58-64(67)70-61-62(60-69-63(66)57-54-51-48-45-42-24-21-18-15-12-9-6-3)71-65(68)59-56-53-50-47-44-41-38-28-26-23-20-17-14-11-8-5-2/h18,20-23,25,28-30,32-33,38,62H,4-17,19,24,26-27,31,34-37,39-61H2,1-3H3/b21-18-,23-20-,25-22-,30-29-,33-32-,38-28-. The highest BCUT2D eigenvalue weighted by atomic mass is 16.6. The predicted octanol–water partition coefficient (Wildman–Crippen LogP) is 20.5. The second-order valence-electron chi connectivity index (χ2n) is 20.2. The molecule has 0 saturated heterocycles. The minimum atomic E-state index is -0.788. The summed E-state index contributed by atoms with van der Waals surface area (Å²) in [6.07, 6.45) is 76.1. The highest BCUT2D eigenvalue weighted by Gasteiger charge is 2.19. The van der Waals surface area contributed by atoms with E-state index in [1.54, 1.807) is 0 Å². The Balaban J connectivity index is 4.31. The lowest BCUT2D eigenvalue weighted by molar-refractivity contribution is -0.167. The number of allylic oxidation sites excluding steroid dienone is 12. The van der Waals surface area contributed by atoms with Gasteiger partial charge in [-0.15, -0.1) is 0 Å². The Morgan fingerprint density at radius 3 is 0.845 bits per heavy atom. The first-order valence-corrected chi connectivity index (χ1v) is 30.4. The summed E-state index contributed by atoms with van der Waals surface area (Å²) in [6, 6.07) is 0. The molecule has 0 amide bonds. The Bertz CT molecular complexity index is 1320. The largest absolute Gasteiger partial charge is 0.462 e. The van der Waals surface area contributed by atoms with Gasteiger partial charge in [0.25, 0.3) is 0 Å². The number of hydrogen-bond donors (Lipinski definition) is 0. The van der Waals surface area contributed by atoms with E-state index in [0.717, 1.165) is 103 Å². The number of rotatable bonds is 55. The monoisotopic (exact) mass is 991 g/mol. The van der Waals surface area contributed by atoms with Crippen LogP contribution in [-0.4, -0.2) is 37.2 Å². The summed E-state index contributed by atoms with van der Waals surface area (Å²) >= 11 is 0. The molecule has 0 N–H and O–H groups in total. The first-order chi connectivity index (χ1) is 35.0. The van der Waals surface area contributed by atoms with Crippen LogP contribution in [-0.2, 0) is 28.6 Å². The second kappa shape index (κ2) is 59.4. The molecule has 0 aromatic heterocycles. The maximum absolute atomic E-state index is 12.9. The lowest BCUT2D eigenvalue weighted by Gasteiger charge is -2.18. The Kier molecular flexibility index (Phi) is 56.8. The molecular weight excluding hydrogens is 877 g/mol. The minimum absolute atomic E-state index is 0.0851. The van der Waals surface area contributed by atoms with Gasteiger partial charge in [-0.05, 0) is 116 Å². The van der Waals surface area contributed by atoms with Gasteiger partial charge in [-0.2, -0.15) is 0 Å². The summed E-state index contributed by atoms with van der Waals surface area (Å²) in [6.45, 7) is 6.59. The highest BCUT2D eigenvalue weighted by Crippen LogP contribution is 2.15. The van der Waals surface area contributed by atoms with Crippen LogP contribution in [0.2, 0.25) is 0 Å². The summed E-state index contributed by atoms with van der Waals surface area (Å²) in [7, 11) is 0.